The minimum atomic E-state index is -0.596. The van der Waals surface area contributed by atoms with Gasteiger partial charge in [0.05, 0.1) is 0 Å². The van der Waals surface area contributed by atoms with Crippen molar-refractivity contribution in [2.75, 3.05) is 11.9 Å². The summed E-state index contributed by atoms with van der Waals surface area (Å²) in [5.41, 5.74) is 2.23. The molecule has 0 saturated heterocycles. The Bertz CT molecular complexity index is 1340. The van der Waals surface area contributed by atoms with E-state index in [0.717, 1.165) is 79.3 Å². The number of carbonyl (C=O) groups excluding carboxylic acids is 2. The molecule has 0 bridgehead atoms. The number of carbonyl (C=O) groups is 2. The lowest BCUT2D eigenvalue weighted by atomic mass is 9.91. The molecule has 0 aromatic carbocycles. The number of rotatable bonds is 7. The van der Waals surface area contributed by atoms with E-state index in [1.165, 1.54) is 0 Å². The van der Waals surface area contributed by atoms with Crippen molar-refractivity contribution < 1.29 is 14.3 Å². The highest BCUT2D eigenvalue weighted by Crippen LogP contribution is 2.32. The zero-order valence-electron chi connectivity index (χ0n) is 23.5. The van der Waals surface area contributed by atoms with E-state index in [2.05, 4.69) is 25.6 Å². The molecule has 2 fully saturated rings. The number of nitrogens with one attached hydrogen (secondary N) is 3. The molecule has 2 amide bonds. The van der Waals surface area contributed by atoms with Crippen LogP contribution in [0.4, 0.5) is 10.6 Å². The smallest absolute Gasteiger partial charge is 0.411 e. The van der Waals surface area contributed by atoms with Crippen molar-refractivity contribution in [2.24, 2.45) is 0 Å². The van der Waals surface area contributed by atoms with Crippen molar-refractivity contribution in [3.05, 3.63) is 41.8 Å². The van der Waals surface area contributed by atoms with E-state index in [9.17, 15) is 9.59 Å². The van der Waals surface area contributed by atoms with Crippen molar-refractivity contribution in [3.8, 4) is 11.1 Å². The molecule has 5 rings (SSSR count). The van der Waals surface area contributed by atoms with Gasteiger partial charge in [0.25, 0.3) is 0 Å². The summed E-state index contributed by atoms with van der Waals surface area (Å²) in [7, 11) is 0. The van der Waals surface area contributed by atoms with Crippen LogP contribution in [0.3, 0.4) is 0 Å². The summed E-state index contributed by atoms with van der Waals surface area (Å²) in [5.74, 6) is 0.612. The lowest BCUT2D eigenvalue weighted by Gasteiger charge is -2.33. The number of fused-ring (bicyclic) bond motifs is 1. The number of hydrogen-bond acceptors (Lipinski definition) is 6. The van der Waals surface area contributed by atoms with Gasteiger partial charge in [0.2, 0.25) is 5.91 Å². The van der Waals surface area contributed by atoms with Crippen LogP contribution >= 0.6 is 11.6 Å². The number of pyridine rings is 2. The summed E-state index contributed by atoms with van der Waals surface area (Å²) in [5, 5.41) is 8.17. The summed E-state index contributed by atoms with van der Waals surface area (Å²) < 4.78 is 5.61. The Morgan fingerprint density at radius 2 is 1.82 bits per heavy atom. The number of anilines is 1. The number of amides is 2. The third-order valence-electron chi connectivity index (χ3n) is 7.71. The molecule has 0 spiro atoms. The highest BCUT2D eigenvalue weighted by atomic mass is 35.5. The summed E-state index contributed by atoms with van der Waals surface area (Å²) in [4.78, 5) is 39.6. The molecule has 9 nitrogen and oxygen atoms in total. The molecular weight excluding hydrogens is 528 g/mol. The van der Waals surface area contributed by atoms with Gasteiger partial charge in [-0.15, -0.1) is 0 Å². The Hall–Kier alpha value is -3.33. The molecule has 214 valence electrons. The number of ether oxygens (including phenoxy) is 1. The van der Waals surface area contributed by atoms with Crippen molar-refractivity contribution in [2.45, 2.75) is 95.9 Å². The molecule has 3 heterocycles. The van der Waals surface area contributed by atoms with Gasteiger partial charge in [-0.25, -0.2) is 14.8 Å². The molecule has 2 saturated carbocycles. The first kappa shape index (κ1) is 28.2. The molecule has 2 aliphatic carbocycles. The largest absolute Gasteiger partial charge is 0.444 e. The minimum Gasteiger partial charge on any atom is -0.444 e. The Balaban J connectivity index is 1.15. The monoisotopic (exact) mass is 566 g/mol. The standard InChI is InChI=1S/C30H39ClN6O3/c1-30(2,3)40-29(39)37(22-7-4-5-8-22)18-27(38)35-21-12-10-20(11-13-21)34-26-16-19(15-25(31)36-26)24-17-33-28-23(24)9-6-14-32-28/h6,9,14-17,20-22H,4-5,7-8,10-13,18H2,1-3H3,(H,32,33)(H,34,36)(H,35,38). The Kier molecular flexibility index (Phi) is 8.49. The van der Waals surface area contributed by atoms with Crippen LogP contribution in [-0.4, -0.2) is 62.1 Å². The summed E-state index contributed by atoms with van der Waals surface area (Å²) in [6.07, 6.45) is 10.8. The summed E-state index contributed by atoms with van der Waals surface area (Å²) >= 11 is 6.40. The van der Waals surface area contributed by atoms with Crippen LogP contribution in [0, 0.1) is 0 Å². The fourth-order valence-corrected chi connectivity index (χ4v) is 6.03. The van der Waals surface area contributed by atoms with Crippen LogP contribution in [0.5, 0.6) is 0 Å². The Morgan fingerprint density at radius 1 is 1.10 bits per heavy atom. The molecule has 0 atom stereocenters. The molecule has 0 aliphatic heterocycles. The van der Waals surface area contributed by atoms with Gasteiger partial charge in [-0.3, -0.25) is 9.69 Å². The van der Waals surface area contributed by atoms with Gasteiger partial charge >= 0.3 is 6.09 Å². The van der Waals surface area contributed by atoms with Crippen LogP contribution in [0.2, 0.25) is 5.15 Å². The molecule has 40 heavy (non-hydrogen) atoms. The van der Waals surface area contributed by atoms with E-state index < -0.39 is 11.7 Å². The zero-order valence-corrected chi connectivity index (χ0v) is 24.3. The second-order valence-corrected chi connectivity index (χ2v) is 12.4. The van der Waals surface area contributed by atoms with Crippen molar-refractivity contribution in [3.63, 3.8) is 0 Å². The third kappa shape index (κ3) is 7.05. The SMILES string of the molecule is CC(C)(C)OC(=O)N(CC(=O)NC1CCC(Nc2cc(-c3c[nH]c4ncccc34)cc(Cl)n2)CC1)C1CCCC1. The third-order valence-corrected chi connectivity index (χ3v) is 7.90. The summed E-state index contributed by atoms with van der Waals surface area (Å²) in [6.45, 7) is 5.59. The topological polar surface area (TPSA) is 112 Å². The lowest BCUT2D eigenvalue weighted by molar-refractivity contribution is -0.123. The van der Waals surface area contributed by atoms with Crippen LogP contribution in [0.15, 0.2) is 36.7 Å². The second-order valence-electron chi connectivity index (χ2n) is 12.0. The zero-order chi connectivity index (χ0) is 28.3. The minimum absolute atomic E-state index is 0.0380. The normalized spacial score (nSPS) is 19.9. The van der Waals surface area contributed by atoms with Crippen molar-refractivity contribution >= 4 is 40.5 Å². The second kappa shape index (κ2) is 12.0. The van der Waals surface area contributed by atoms with Crippen molar-refractivity contribution in [1.82, 2.24) is 25.2 Å². The number of halogens is 1. The average Bonchev–Trinajstić information content (AvgIpc) is 3.57. The van der Waals surface area contributed by atoms with Gasteiger partial charge in [0, 0.05) is 41.5 Å². The molecule has 3 aromatic heterocycles. The van der Waals surface area contributed by atoms with Crippen molar-refractivity contribution in [1.29, 1.82) is 0 Å². The number of aromatic amines is 1. The van der Waals surface area contributed by atoms with Gasteiger partial charge in [-0.2, -0.15) is 0 Å². The molecule has 3 aromatic rings. The number of nitrogens with zero attached hydrogens (tertiary/aromatic N) is 3. The number of hydrogen-bond donors (Lipinski definition) is 3. The average molecular weight is 567 g/mol. The Labute approximate surface area is 240 Å². The summed E-state index contributed by atoms with van der Waals surface area (Å²) in [6, 6.07) is 8.21. The molecule has 3 N–H and O–H groups in total. The van der Waals surface area contributed by atoms with E-state index in [1.807, 2.05) is 51.2 Å². The van der Waals surface area contributed by atoms with Gasteiger partial charge < -0.3 is 20.4 Å². The van der Waals surface area contributed by atoms with E-state index in [-0.39, 0.29) is 30.6 Å². The first-order valence-corrected chi connectivity index (χ1v) is 14.7. The highest BCUT2D eigenvalue weighted by molar-refractivity contribution is 6.29. The van der Waals surface area contributed by atoms with Gasteiger partial charge in [0.15, 0.2) is 0 Å². The van der Waals surface area contributed by atoms with Gasteiger partial charge in [-0.1, -0.05) is 24.4 Å². The van der Waals surface area contributed by atoms with Crippen LogP contribution < -0.4 is 10.6 Å². The molecule has 2 aliphatic rings. The van der Waals surface area contributed by atoms with Crippen LogP contribution in [0.1, 0.15) is 72.1 Å². The number of H-pyrrole nitrogens is 1. The Morgan fingerprint density at radius 3 is 2.55 bits per heavy atom. The molecular formula is C30H39ClN6O3. The van der Waals surface area contributed by atoms with E-state index in [1.54, 1.807) is 11.1 Å². The molecule has 0 unspecified atom stereocenters. The predicted octanol–water partition coefficient (Wildman–Crippen LogP) is 6.30. The van der Waals surface area contributed by atoms with Gasteiger partial charge in [0.1, 0.15) is 28.8 Å². The fourth-order valence-electron chi connectivity index (χ4n) is 5.82. The first-order valence-electron chi connectivity index (χ1n) is 14.3. The fraction of sp³-hybridized carbons (Fsp3) is 0.533. The molecule has 0 radical (unpaired) electrons. The first-order chi connectivity index (χ1) is 19.1. The maximum absolute atomic E-state index is 13.0. The molecule has 10 heteroatoms. The number of aromatic nitrogens is 3. The van der Waals surface area contributed by atoms with E-state index in [4.69, 9.17) is 16.3 Å². The van der Waals surface area contributed by atoms with Crippen LogP contribution in [0.25, 0.3) is 22.2 Å². The van der Waals surface area contributed by atoms with Gasteiger partial charge in [-0.05, 0) is 89.1 Å². The van der Waals surface area contributed by atoms with E-state index >= 15 is 0 Å². The quantitative estimate of drug-likeness (QED) is 0.289. The maximum Gasteiger partial charge on any atom is 0.411 e. The maximum atomic E-state index is 13.0. The van der Waals surface area contributed by atoms with E-state index in [0.29, 0.717) is 5.15 Å². The van der Waals surface area contributed by atoms with Crippen LogP contribution in [-0.2, 0) is 9.53 Å². The highest BCUT2D eigenvalue weighted by Gasteiger charge is 2.32. The lowest BCUT2D eigenvalue weighted by Crippen LogP contribution is -2.49. The predicted molar refractivity (Wildman–Crippen MR) is 157 cm³/mol.